The zero-order valence-corrected chi connectivity index (χ0v) is 28.4. The van der Waals surface area contributed by atoms with E-state index in [0.29, 0.717) is 50.9 Å². The second kappa shape index (κ2) is 14.5. The molecule has 1 atom stereocenters. The van der Waals surface area contributed by atoms with Gasteiger partial charge in [0.15, 0.2) is 22.9 Å². The molecule has 222 valence electrons. The van der Waals surface area contributed by atoms with Crippen LogP contribution in [0.2, 0.25) is 0 Å². The van der Waals surface area contributed by atoms with Gasteiger partial charge in [-0.3, -0.25) is 9.36 Å². The minimum atomic E-state index is -0.818. The largest absolute Gasteiger partial charge is 0.490 e. The van der Waals surface area contributed by atoms with Crippen molar-refractivity contribution in [2.45, 2.75) is 26.8 Å². The van der Waals surface area contributed by atoms with Crippen molar-refractivity contribution < 1.29 is 33.3 Å². The number of halogens is 2. The number of esters is 2. The van der Waals surface area contributed by atoms with Crippen LogP contribution in [0.15, 0.2) is 51.9 Å². The van der Waals surface area contributed by atoms with Crippen LogP contribution in [0.5, 0.6) is 17.2 Å². The van der Waals surface area contributed by atoms with Crippen LogP contribution in [0.4, 0.5) is 0 Å². The molecule has 3 aromatic rings. The monoisotopic (exact) mass is 818 g/mol. The molecule has 42 heavy (non-hydrogen) atoms. The van der Waals surface area contributed by atoms with Gasteiger partial charge >= 0.3 is 11.9 Å². The van der Waals surface area contributed by atoms with Crippen molar-refractivity contribution in [3.05, 3.63) is 80.1 Å². The van der Waals surface area contributed by atoms with Gasteiger partial charge in [-0.25, -0.2) is 14.6 Å². The number of fused-ring (bicyclic) bond motifs is 1. The number of benzene rings is 2. The van der Waals surface area contributed by atoms with Crippen molar-refractivity contribution in [2.75, 3.05) is 33.5 Å². The third-order valence-corrected chi connectivity index (χ3v) is 8.39. The molecule has 0 bridgehead atoms. The lowest BCUT2D eigenvalue weighted by Crippen LogP contribution is -2.39. The number of hydrogen-bond donors (Lipinski definition) is 0. The Morgan fingerprint density at radius 1 is 1.02 bits per heavy atom. The number of methoxy groups -OCH3 is 1. The fraction of sp³-hybridized carbons (Fsp3) is 0.310. The van der Waals surface area contributed by atoms with Crippen molar-refractivity contribution in [1.82, 2.24) is 4.57 Å². The number of rotatable bonds is 11. The predicted molar refractivity (Wildman–Crippen MR) is 174 cm³/mol. The van der Waals surface area contributed by atoms with Gasteiger partial charge in [0.05, 0.1) is 46.6 Å². The summed E-state index contributed by atoms with van der Waals surface area (Å²) in [5, 5.41) is 0. The van der Waals surface area contributed by atoms with Crippen LogP contribution < -0.4 is 29.1 Å². The minimum Gasteiger partial charge on any atom is -0.490 e. The Morgan fingerprint density at radius 2 is 1.76 bits per heavy atom. The Kier molecular flexibility index (Phi) is 11.1. The highest BCUT2D eigenvalue weighted by atomic mass is 127. The summed E-state index contributed by atoms with van der Waals surface area (Å²) in [6, 6.07) is 8.27. The van der Waals surface area contributed by atoms with Gasteiger partial charge < -0.3 is 23.7 Å². The summed E-state index contributed by atoms with van der Waals surface area (Å²) in [6.45, 7) is 6.29. The molecular weight excluding hydrogens is 790 g/mol. The van der Waals surface area contributed by atoms with E-state index in [1.165, 1.54) is 29.2 Å². The summed E-state index contributed by atoms with van der Waals surface area (Å²) >= 11 is 5.49. The van der Waals surface area contributed by atoms with Crippen LogP contribution in [0.3, 0.4) is 0 Å². The van der Waals surface area contributed by atoms with Crippen LogP contribution in [0, 0.1) is 7.14 Å². The standard InChI is InChI=1S/C29H28I2N2O8S/c1-5-38-21-9-8-16(11-22(21)39-6-2)25-19(28(36)37-4)14-32-29-33(25)27(35)23(42-29)12-17-10-18(30)13-20(31)26(17)41-15-24(34)40-7-3/h8-14,25H,5-7,15H2,1-4H3/b23-12+/t25-/m0/s1. The molecule has 0 radical (unpaired) electrons. The Morgan fingerprint density at radius 3 is 2.45 bits per heavy atom. The summed E-state index contributed by atoms with van der Waals surface area (Å²) in [7, 11) is 1.28. The number of nitrogens with zero attached hydrogens (tertiary/aromatic N) is 2. The fourth-order valence-corrected chi connectivity index (χ4v) is 7.31. The highest BCUT2D eigenvalue weighted by Gasteiger charge is 2.31. The van der Waals surface area contributed by atoms with Crippen LogP contribution in [0.25, 0.3) is 6.08 Å². The first-order valence-electron chi connectivity index (χ1n) is 13.0. The number of aromatic nitrogens is 1. The molecular formula is C29H28I2N2O8S. The van der Waals surface area contributed by atoms with Gasteiger partial charge in [-0.05, 0) is 102 Å². The maximum absolute atomic E-state index is 14.0. The highest BCUT2D eigenvalue weighted by molar-refractivity contribution is 14.1. The molecule has 0 fully saturated rings. The first-order valence-corrected chi connectivity index (χ1v) is 16.0. The van der Waals surface area contributed by atoms with Gasteiger partial charge in [0, 0.05) is 15.3 Å². The maximum atomic E-state index is 14.0. The fourth-order valence-electron chi connectivity index (χ4n) is 4.30. The molecule has 13 heteroatoms. The summed E-state index contributed by atoms with van der Waals surface area (Å²) in [5.41, 5.74) is 1.09. The summed E-state index contributed by atoms with van der Waals surface area (Å²) in [6.07, 6.45) is 3.14. The zero-order valence-electron chi connectivity index (χ0n) is 23.3. The molecule has 10 nitrogen and oxygen atoms in total. The van der Waals surface area contributed by atoms with Crippen molar-refractivity contribution in [1.29, 1.82) is 0 Å². The number of carbonyl (C=O) groups is 2. The first-order chi connectivity index (χ1) is 20.2. The van der Waals surface area contributed by atoms with Crippen LogP contribution in [-0.2, 0) is 19.1 Å². The summed E-state index contributed by atoms with van der Waals surface area (Å²) < 4.78 is 30.9. The molecule has 0 unspecified atom stereocenters. The third-order valence-electron chi connectivity index (χ3n) is 5.97. The van der Waals surface area contributed by atoms with Crippen LogP contribution >= 0.6 is 56.5 Å². The highest BCUT2D eigenvalue weighted by Crippen LogP contribution is 2.35. The van der Waals surface area contributed by atoms with Crippen LogP contribution in [0.1, 0.15) is 37.9 Å². The van der Waals surface area contributed by atoms with Crippen LogP contribution in [-0.4, -0.2) is 50.0 Å². The van der Waals surface area contributed by atoms with E-state index in [1.807, 2.05) is 26.0 Å². The van der Waals surface area contributed by atoms with Gasteiger partial charge in [-0.2, -0.15) is 0 Å². The maximum Gasteiger partial charge on any atom is 0.344 e. The Balaban J connectivity index is 1.87. The Bertz CT molecular complexity index is 1710. The summed E-state index contributed by atoms with van der Waals surface area (Å²) in [4.78, 5) is 43.7. The lowest BCUT2D eigenvalue weighted by molar-refractivity contribution is -0.145. The lowest BCUT2D eigenvalue weighted by Gasteiger charge is -2.23. The van der Waals surface area contributed by atoms with E-state index in [-0.39, 0.29) is 24.3 Å². The van der Waals surface area contributed by atoms with Gasteiger partial charge in [-0.15, -0.1) is 0 Å². The number of hydrogen-bond acceptors (Lipinski definition) is 10. The van der Waals surface area contributed by atoms with Crippen molar-refractivity contribution in [3.8, 4) is 17.2 Å². The van der Waals surface area contributed by atoms with E-state index < -0.39 is 18.0 Å². The molecule has 0 N–H and O–H groups in total. The molecule has 4 rings (SSSR count). The van der Waals surface area contributed by atoms with E-state index in [0.717, 1.165) is 7.14 Å². The molecule has 0 aliphatic carbocycles. The Hall–Kier alpha value is -2.92. The average Bonchev–Trinajstić information content (AvgIpc) is 3.27. The van der Waals surface area contributed by atoms with Crippen molar-refractivity contribution in [2.24, 2.45) is 4.99 Å². The van der Waals surface area contributed by atoms with Gasteiger partial charge in [0.25, 0.3) is 5.56 Å². The Labute approximate surface area is 273 Å². The number of ether oxygens (including phenoxy) is 5. The number of thiazole rings is 1. The van der Waals surface area contributed by atoms with Gasteiger partial charge in [-0.1, -0.05) is 17.4 Å². The minimum absolute atomic E-state index is 0.199. The summed E-state index contributed by atoms with van der Waals surface area (Å²) in [5.74, 6) is 0.412. The molecule has 2 heterocycles. The van der Waals surface area contributed by atoms with E-state index in [1.54, 1.807) is 31.2 Å². The molecule has 0 saturated carbocycles. The smallest absolute Gasteiger partial charge is 0.344 e. The van der Waals surface area contributed by atoms with Gasteiger partial charge in [0.2, 0.25) is 0 Å². The molecule has 0 amide bonds. The first kappa shape index (κ1) is 32.0. The van der Waals surface area contributed by atoms with E-state index in [4.69, 9.17) is 23.7 Å². The second-order valence-electron chi connectivity index (χ2n) is 8.65. The lowest BCUT2D eigenvalue weighted by atomic mass is 9.97. The molecule has 2 aromatic carbocycles. The SMILES string of the molecule is CCOC(=O)COc1c(I)cc(I)cc1/C=c1/sc2n(c1=O)[C@@H](c1ccc(OCC)c(OCC)c1)C(C(=O)OC)=CN=2. The van der Waals surface area contributed by atoms with Crippen molar-refractivity contribution >= 4 is 74.5 Å². The van der Waals surface area contributed by atoms with Crippen molar-refractivity contribution in [3.63, 3.8) is 0 Å². The van der Waals surface area contributed by atoms with Gasteiger partial charge in [0.1, 0.15) is 5.75 Å². The third kappa shape index (κ3) is 6.99. The average molecular weight is 818 g/mol. The zero-order chi connectivity index (χ0) is 30.4. The predicted octanol–water partition coefficient (Wildman–Crippen LogP) is 3.97. The van der Waals surface area contributed by atoms with E-state index in [9.17, 15) is 14.4 Å². The molecule has 1 aliphatic heterocycles. The number of carbonyl (C=O) groups excluding carboxylic acids is 2. The molecule has 1 aliphatic rings. The topological polar surface area (TPSA) is 115 Å². The molecule has 0 spiro atoms. The molecule has 0 saturated heterocycles. The van der Waals surface area contributed by atoms with E-state index >= 15 is 0 Å². The quantitative estimate of drug-likeness (QED) is 0.211. The normalized spacial score (nSPS) is 14.4. The molecule has 1 aromatic heterocycles. The van der Waals surface area contributed by atoms with E-state index in [2.05, 4.69) is 50.2 Å². The second-order valence-corrected chi connectivity index (χ2v) is 12.1.